The number of hydrogen-bond donors (Lipinski definition) is 1. The van der Waals surface area contributed by atoms with Crippen LogP contribution in [0.3, 0.4) is 0 Å². The number of nitrogens with two attached hydrogens (primary N) is 1. The molecule has 0 bridgehead atoms. The molecular weight excluding hydrogens is 138 g/mol. The van der Waals surface area contributed by atoms with Gasteiger partial charge in [0.15, 0.2) is 0 Å². The Kier molecular flexibility index (Phi) is 2.21. The normalized spacial score (nSPS) is 35.3. The first-order valence-electron chi connectivity index (χ1n) is 4.41. The lowest BCUT2D eigenvalue weighted by atomic mass is 10.0. The van der Waals surface area contributed by atoms with Gasteiger partial charge in [0, 0.05) is 5.41 Å². The minimum Gasteiger partial charge on any atom is -0.369 e. The van der Waals surface area contributed by atoms with Crippen molar-refractivity contribution in [2.75, 3.05) is 0 Å². The van der Waals surface area contributed by atoms with Gasteiger partial charge in [-0.25, -0.2) is 0 Å². The summed E-state index contributed by atoms with van der Waals surface area (Å²) in [6.07, 6.45) is 4.64. The molecule has 1 fully saturated rings. The van der Waals surface area contributed by atoms with Gasteiger partial charge < -0.3 is 5.73 Å². The molecule has 0 radical (unpaired) electrons. The van der Waals surface area contributed by atoms with E-state index in [0.29, 0.717) is 5.92 Å². The van der Waals surface area contributed by atoms with Crippen LogP contribution in [0.5, 0.6) is 0 Å². The molecule has 1 aliphatic rings. The van der Waals surface area contributed by atoms with E-state index in [1.165, 1.54) is 19.3 Å². The largest absolute Gasteiger partial charge is 0.369 e. The molecule has 64 valence electrons. The van der Waals surface area contributed by atoms with Crippen LogP contribution in [-0.2, 0) is 4.79 Å². The molecule has 2 N–H and O–H groups in total. The maximum Gasteiger partial charge on any atom is 0.223 e. The van der Waals surface area contributed by atoms with Crippen molar-refractivity contribution in [2.45, 2.75) is 39.5 Å². The highest BCUT2D eigenvalue weighted by atomic mass is 16.1. The van der Waals surface area contributed by atoms with Gasteiger partial charge in [0.1, 0.15) is 0 Å². The topological polar surface area (TPSA) is 43.1 Å². The second-order valence-electron chi connectivity index (χ2n) is 3.82. The summed E-state index contributed by atoms with van der Waals surface area (Å²) in [6.45, 7) is 4.15. The highest BCUT2D eigenvalue weighted by Crippen LogP contribution is 2.54. The zero-order valence-corrected chi connectivity index (χ0v) is 7.39. The van der Waals surface area contributed by atoms with Gasteiger partial charge in [-0.2, -0.15) is 0 Å². The summed E-state index contributed by atoms with van der Waals surface area (Å²) < 4.78 is 0. The molecule has 1 aliphatic carbocycles. The van der Waals surface area contributed by atoms with Crippen molar-refractivity contribution in [3.05, 3.63) is 0 Å². The molecule has 2 unspecified atom stereocenters. The highest BCUT2D eigenvalue weighted by Gasteiger charge is 2.53. The van der Waals surface area contributed by atoms with Crippen molar-refractivity contribution < 1.29 is 4.79 Å². The van der Waals surface area contributed by atoms with E-state index in [1.807, 2.05) is 6.92 Å². The second-order valence-corrected chi connectivity index (χ2v) is 3.82. The van der Waals surface area contributed by atoms with Crippen LogP contribution in [0.4, 0.5) is 0 Å². The Morgan fingerprint density at radius 3 is 2.73 bits per heavy atom. The number of primary amides is 1. The number of carbonyl (C=O) groups is 1. The van der Waals surface area contributed by atoms with Gasteiger partial charge in [0.2, 0.25) is 5.91 Å². The Hall–Kier alpha value is -0.530. The van der Waals surface area contributed by atoms with Crippen LogP contribution >= 0.6 is 0 Å². The third-order valence-corrected chi connectivity index (χ3v) is 2.88. The highest BCUT2D eigenvalue weighted by molar-refractivity contribution is 5.83. The molecular formula is C9H17NO. The lowest BCUT2D eigenvalue weighted by molar-refractivity contribution is -0.123. The van der Waals surface area contributed by atoms with Crippen molar-refractivity contribution in [3.8, 4) is 0 Å². The van der Waals surface area contributed by atoms with E-state index in [4.69, 9.17) is 5.73 Å². The van der Waals surface area contributed by atoms with E-state index in [2.05, 4.69) is 6.92 Å². The zero-order valence-electron chi connectivity index (χ0n) is 7.39. The maximum atomic E-state index is 10.9. The van der Waals surface area contributed by atoms with Gasteiger partial charge in [0.25, 0.3) is 0 Å². The number of amides is 1. The van der Waals surface area contributed by atoms with Crippen LogP contribution in [0.15, 0.2) is 0 Å². The molecule has 2 atom stereocenters. The first-order chi connectivity index (χ1) is 5.11. The van der Waals surface area contributed by atoms with Gasteiger partial charge in [0.05, 0.1) is 0 Å². The SMILES string of the molecule is CCCCC1CC1(C)C(N)=O. The Bertz CT molecular complexity index is 167. The van der Waals surface area contributed by atoms with E-state index in [0.717, 1.165) is 6.42 Å². The molecule has 0 saturated heterocycles. The summed E-state index contributed by atoms with van der Waals surface area (Å²) in [6, 6.07) is 0. The predicted molar refractivity (Wildman–Crippen MR) is 44.9 cm³/mol. The minimum absolute atomic E-state index is 0.112. The second kappa shape index (κ2) is 2.84. The summed E-state index contributed by atoms with van der Waals surface area (Å²) >= 11 is 0. The fourth-order valence-corrected chi connectivity index (χ4v) is 1.63. The fraction of sp³-hybridized carbons (Fsp3) is 0.889. The van der Waals surface area contributed by atoms with Crippen molar-refractivity contribution in [2.24, 2.45) is 17.1 Å². The monoisotopic (exact) mass is 155 g/mol. The first kappa shape index (κ1) is 8.57. The number of unbranched alkanes of at least 4 members (excludes halogenated alkanes) is 1. The van der Waals surface area contributed by atoms with Crippen molar-refractivity contribution in [1.82, 2.24) is 0 Å². The van der Waals surface area contributed by atoms with Gasteiger partial charge in [-0.05, 0) is 18.8 Å². The lowest BCUT2D eigenvalue weighted by Crippen LogP contribution is -2.23. The Balaban J connectivity index is 2.29. The average molecular weight is 155 g/mol. The van der Waals surface area contributed by atoms with Crippen LogP contribution < -0.4 is 5.73 Å². The van der Waals surface area contributed by atoms with E-state index in [1.54, 1.807) is 0 Å². The predicted octanol–water partition coefficient (Wildman–Crippen LogP) is 1.69. The van der Waals surface area contributed by atoms with Crippen LogP contribution in [0.1, 0.15) is 39.5 Å². The molecule has 0 spiro atoms. The van der Waals surface area contributed by atoms with E-state index in [-0.39, 0.29) is 11.3 Å². The molecule has 2 heteroatoms. The van der Waals surface area contributed by atoms with Crippen LogP contribution in [0, 0.1) is 11.3 Å². The smallest absolute Gasteiger partial charge is 0.223 e. The molecule has 0 aromatic rings. The average Bonchev–Trinajstić information content (AvgIpc) is 2.59. The van der Waals surface area contributed by atoms with Crippen molar-refractivity contribution in [3.63, 3.8) is 0 Å². The molecule has 2 nitrogen and oxygen atoms in total. The van der Waals surface area contributed by atoms with Gasteiger partial charge in [-0.15, -0.1) is 0 Å². The molecule has 1 rings (SSSR count). The third-order valence-electron chi connectivity index (χ3n) is 2.88. The summed E-state index contributed by atoms with van der Waals surface area (Å²) in [7, 11) is 0. The lowest BCUT2D eigenvalue weighted by Gasteiger charge is -2.04. The minimum atomic E-state index is -0.144. The van der Waals surface area contributed by atoms with Crippen LogP contribution in [0.2, 0.25) is 0 Å². The molecule has 1 saturated carbocycles. The Labute approximate surface area is 68.2 Å². The summed E-state index contributed by atoms with van der Waals surface area (Å²) in [5.41, 5.74) is 5.11. The summed E-state index contributed by atoms with van der Waals surface area (Å²) in [4.78, 5) is 10.9. The molecule has 0 aromatic carbocycles. The molecule has 0 heterocycles. The third kappa shape index (κ3) is 1.55. The molecule has 1 amide bonds. The zero-order chi connectivity index (χ0) is 8.48. The number of rotatable bonds is 4. The van der Waals surface area contributed by atoms with E-state index in [9.17, 15) is 4.79 Å². The summed E-state index contributed by atoms with van der Waals surface area (Å²) in [5, 5.41) is 0. The standard InChI is InChI=1S/C9H17NO/c1-3-4-5-7-6-9(7,2)8(10)11/h7H,3-6H2,1-2H3,(H2,10,11). The molecule has 0 aliphatic heterocycles. The number of carbonyl (C=O) groups excluding carboxylic acids is 1. The fourth-order valence-electron chi connectivity index (χ4n) is 1.63. The van der Waals surface area contributed by atoms with Crippen molar-refractivity contribution >= 4 is 5.91 Å². The van der Waals surface area contributed by atoms with Crippen LogP contribution in [-0.4, -0.2) is 5.91 Å². The summed E-state index contributed by atoms with van der Waals surface area (Å²) in [5.74, 6) is 0.471. The Morgan fingerprint density at radius 2 is 2.36 bits per heavy atom. The van der Waals surface area contributed by atoms with E-state index < -0.39 is 0 Å². The molecule has 11 heavy (non-hydrogen) atoms. The molecule has 0 aromatic heterocycles. The van der Waals surface area contributed by atoms with Crippen molar-refractivity contribution in [1.29, 1.82) is 0 Å². The number of hydrogen-bond acceptors (Lipinski definition) is 1. The van der Waals surface area contributed by atoms with Gasteiger partial charge in [-0.1, -0.05) is 26.7 Å². The first-order valence-corrected chi connectivity index (χ1v) is 4.41. The van der Waals surface area contributed by atoms with Gasteiger partial charge >= 0.3 is 0 Å². The Morgan fingerprint density at radius 1 is 1.73 bits per heavy atom. The van der Waals surface area contributed by atoms with Crippen LogP contribution in [0.25, 0.3) is 0 Å². The van der Waals surface area contributed by atoms with Gasteiger partial charge in [-0.3, -0.25) is 4.79 Å². The quantitative estimate of drug-likeness (QED) is 0.659. The van der Waals surface area contributed by atoms with E-state index >= 15 is 0 Å². The maximum absolute atomic E-state index is 10.9.